The molecule has 7 heteroatoms. The van der Waals surface area contributed by atoms with Crippen LogP contribution in [0.2, 0.25) is 0 Å². The van der Waals surface area contributed by atoms with Gasteiger partial charge in [0.2, 0.25) is 0 Å². The normalized spacial score (nSPS) is 11.6. The van der Waals surface area contributed by atoms with Gasteiger partial charge in [-0.1, -0.05) is 6.07 Å². The molecule has 1 heterocycles. The standard InChI is InChI=1S/C13H15FN2O2S2/c1-9-3-4-10(14)7-12(9)16-20(17,18)13-6-5-11(19-13)8-15-2/h3-7,15-16H,8H2,1-2H3. The van der Waals surface area contributed by atoms with Crippen LogP contribution in [0.1, 0.15) is 10.4 Å². The Balaban J connectivity index is 2.28. The largest absolute Gasteiger partial charge is 0.315 e. The van der Waals surface area contributed by atoms with Gasteiger partial charge in [-0.05, 0) is 43.8 Å². The van der Waals surface area contributed by atoms with E-state index in [2.05, 4.69) is 10.0 Å². The van der Waals surface area contributed by atoms with Gasteiger partial charge < -0.3 is 5.32 Å². The molecule has 0 aliphatic carbocycles. The monoisotopic (exact) mass is 314 g/mol. The highest BCUT2D eigenvalue weighted by atomic mass is 32.2. The topological polar surface area (TPSA) is 58.2 Å². The maximum atomic E-state index is 13.2. The fraction of sp³-hybridized carbons (Fsp3) is 0.231. The van der Waals surface area contributed by atoms with Crippen molar-refractivity contribution < 1.29 is 12.8 Å². The zero-order valence-electron chi connectivity index (χ0n) is 11.1. The zero-order chi connectivity index (χ0) is 14.8. The molecule has 1 aromatic heterocycles. The van der Waals surface area contributed by atoms with Gasteiger partial charge in [-0.25, -0.2) is 12.8 Å². The minimum atomic E-state index is -3.68. The quantitative estimate of drug-likeness (QED) is 0.892. The highest BCUT2D eigenvalue weighted by molar-refractivity contribution is 7.94. The van der Waals surface area contributed by atoms with Crippen LogP contribution in [0.25, 0.3) is 0 Å². The predicted molar refractivity (Wildman–Crippen MR) is 79.0 cm³/mol. The summed E-state index contributed by atoms with van der Waals surface area (Å²) >= 11 is 1.19. The average Bonchev–Trinajstić information content (AvgIpc) is 2.83. The van der Waals surface area contributed by atoms with Gasteiger partial charge in [-0.3, -0.25) is 4.72 Å². The van der Waals surface area contributed by atoms with Crippen LogP contribution < -0.4 is 10.0 Å². The van der Waals surface area contributed by atoms with E-state index >= 15 is 0 Å². The lowest BCUT2D eigenvalue weighted by Crippen LogP contribution is -2.12. The molecule has 4 nitrogen and oxygen atoms in total. The summed E-state index contributed by atoms with van der Waals surface area (Å²) in [5.74, 6) is -0.477. The lowest BCUT2D eigenvalue weighted by molar-refractivity contribution is 0.603. The first-order valence-corrected chi connectivity index (χ1v) is 8.24. The van der Waals surface area contributed by atoms with Crippen molar-refractivity contribution in [2.75, 3.05) is 11.8 Å². The summed E-state index contributed by atoms with van der Waals surface area (Å²) in [4.78, 5) is 0.920. The van der Waals surface area contributed by atoms with Crippen LogP contribution in [-0.4, -0.2) is 15.5 Å². The number of benzene rings is 1. The second kappa shape index (κ2) is 5.90. The SMILES string of the molecule is CNCc1ccc(S(=O)(=O)Nc2cc(F)ccc2C)s1. The third kappa shape index (κ3) is 3.36. The van der Waals surface area contributed by atoms with Gasteiger partial charge in [0, 0.05) is 11.4 Å². The van der Waals surface area contributed by atoms with Crippen molar-refractivity contribution in [3.63, 3.8) is 0 Å². The Kier molecular flexibility index (Phi) is 4.42. The van der Waals surface area contributed by atoms with E-state index in [1.54, 1.807) is 26.1 Å². The van der Waals surface area contributed by atoms with Crippen LogP contribution in [-0.2, 0) is 16.6 Å². The Morgan fingerprint density at radius 2 is 2.00 bits per heavy atom. The molecule has 0 aliphatic heterocycles. The molecule has 1 aromatic carbocycles. The molecular formula is C13H15FN2O2S2. The first-order chi connectivity index (χ1) is 9.42. The molecule has 20 heavy (non-hydrogen) atoms. The van der Waals surface area contributed by atoms with Crippen molar-refractivity contribution in [1.82, 2.24) is 5.32 Å². The van der Waals surface area contributed by atoms with Gasteiger partial charge in [-0.15, -0.1) is 11.3 Å². The second-order valence-corrected chi connectivity index (χ2v) is 7.39. The van der Waals surface area contributed by atoms with E-state index in [9.17, 15) is 12.8 Å². The molecule has 0 atom stereocenters. The molecule has 2 rings (SSSR count). The Hall–Kier alpha value is -1.44. The summed E-state index contributed by atoms with van der Waals surface area (Å²) in [6, 6.07) is 7.31. The van der Waals surface area contributed by atoms with Crippen LogP contribution in [0.5, 0.6) is 0 Å². The Morgan fingerprint density at radius 1 is 1.25 bits per heavy atom. The molecule has 0 saturated heterocycles. The highest BCUT2D eigenvalue weighted by Crippen LogP contribution is 2.25. The number of hydrogen-bond donors (Lipinski definition) is 2. The first kappa shape index (κ1) is 15.0. The maximum absolute atomic E-state index is 13.2. The molecule has 108 valence electrons. The third-order valence-electron chi connectivity index (χ3n) is 2.70. The summed E-state index contributed by atoms with van der Waals surface area (Å²) in [6.45, 7) is 2.33. The molecule has 0 spiro atoms. The Labute approximate surface area is 121 Å². The number of aryl methyl sites for hydroxylation is 1. The van der Waals surface area contributed by atoms with Gasteiger partial charge in [0.25, 0.3) is 10.0 Å². The summed E-state index contributed by atoms with van der Waals surface area (Å²) in [5.41, 5.74) is 0.926. The van der Waals surface area contributed by atoms with E-state index in [4.69, 9.17) is 0 Å². The number of thiophene rings is 1. The number of halogens is 1. The van der Waals surface area contributed by atoms with Crippen LogP contribution in [0, 0.1) is 12.7 Å². The molecule has 0 aliphatic rings. The molecular weight excluding hydrogens is 299 g/mol. The van der Waals surface area contributed by atoms with E-state index in [1.807, 2.05) is 0 Å². The average molecular weight is 314 g/mol. The molecule has 0 radical (unpaired) electrons. The van der Waals surface area contributed by atoms with Crippen LogP contribution >= 0.6 is 11.3 Å². The van der Waals surface area contributed by atoms with Gasteiger partial charge in [0.15, 0.2) is 0 Å². The number of sulfonamides is 1. The van der Waals surface area contributed by atoms with E-state index in [1.165, 1.54) is 29.5 Å². The highest BCUT2D eigenvalue weighted by Gasteiger charge is 2.18. The molecule has 2 aromatic rings. The van der Waals surface area contributed by atoms with Crippen LogP contribution in [0.4, 0.5) is 10.1 Å². The summed E-state index contributed by atoms with van der Waals surface area (Å²) in [6.07, 6.45) is 0. The van der Waals surface area contributed by atoms with Crippen molar-refractivity contribution in [3.8, 4) is 0 Å². The minimum Gasteiger partial charge on any atom is -0.315 e. The lowest BCUT2D eigenvalue weighted by Gasteiger charge is -2.09. The van der Waals surface area contributed by atoms with E-state index in [-0.39, 0.29) is 9.90 Å². The fourth-order valence-electron chi connectivity index (χ4n) is 1.67. The van der Waals surface area contributed by atoms with Gasteiger partial charge >= 0.3 is 0 Å². The predicted octanol–water partition coefficient (Wildman–Crippen LogP) is 2.72. The first-order valence-electron chi connectivity index (χ1n) is 5.94. The van der Waals surface area contributed by atoms with Gasteiger partial charge in [0.1, 0.15) is 10.0 Å². The smallest absolute Gasteiger partial charge is 0.271 e. The number of anilines is 1. The van der Waals surface area contributed by atoms with Crippen LogP contribution in [0.15, 0.2) is 34.5 Å². The van der Waals surface area contributed by atoms with E-state index in [0.29, 0.717) is 12.1 Å². The summed E-state index contributed by atoms with van der Waals surface area (Å²) in [7, 11) is -1.88. The van der Waals surface area contributed by atoms with Gasteiger partial charge in [0.05, 0.1) is 5.69 Å². The van der Waals surface area contributed by atoms with Gasteiger partial charge in [-0.2, -0.15) is 0 Å². The number of nitrogens with one attached hydrogen (secondary N) is 2. The van der Waals surface area contributed by atoms with Crippen molar-refractivity contribution in [1.29, 1.82) is 0 Å². The van der Waals surface area contributed by atoms with Crippen molar-refractivity contribution in [2.45, 2.75) is 17.7 Å². The molecule has 0 fully saturated rings. The number of rotatable bonds is 5. The Morgan fingerprint density at radius 3 is 2.70 bits per heavy atom. The van der Waals surface area contributed by atoms with Crippen LogP contribution in [0.3, 0.4) is 0 Å². The molecule has 0 saturated carbocycles. The zero-order valence-corrected chi connectivity index (χ0v) is 12.7. The fourth-order valence-corrected chi connectivity index (χ4v) is 4.16. The number of hydrogen-bond acceptors (Lipinski definition) is 4. The molecule has 0 amide bonds. The third-order valence-corrected chi connectivity index (χ3v) is 5.64. The molecule has 2 N–H and O–H groups in total. The molecule has 0 bridgehead atoms. The second-order valence-electron chi connectivity index (χ2n) is 4.32. The summed E-state index contributed by atoms with van der Waals surface area (Å²) in [5, 5.41) is 2.96. The molecule has 0 unspecified atom stereocenters. The van der Waals surface area contributed by atoms with Crippen molar-refractivity contribution in [2.24, 2.45) is 0 Å². The lowest BCUT2D eigenvalue weighted by atomic mass is 10.2. The maximum Gasteiger partial charge on any atom is 0.271 e. The summed E-state index contributed by atoms with van der Waals surface area (Å²) < 4.78 is 40.3. The Bertz CT molecular complexity index is 711. The van der Waals surface area contributed by atoms with E-state index < -0.39 is 15.8 Å². The van der Waals surface area contributed by atoms with E-state index in [0.717, 1.165) is 4.88 Å². The van der Waals surface area contributed by atoms with Crippen molar-refractivity contribution in [3.05, 3.63) is 46.6 Å². The minimum absolute atomic E-state index is 0.214. The van der Waals surface area contributed by atoms with Crippen molar-refractivity contribution >= 4 is 27.0 Å².